The predicted octanol–water partition coefficient (Wildman–Crippen LogP) is -2.10. The van der Waals surface area contributed by atoms with E-state index in [-0.39, 0.29) is 11.5 Å². The summed E-state index contributed by atoms with van der Waals surface area (Å²) in [4.78, 5) is 42.1. The predicted molar refractivity (Wildman–Crippen MR) is 58.6 cm³/mol. The molecule has 0 aromatic rings. The van der Waals surface area contributed by atoms with E-state index in [1.165, 1.54) is 0 Å². The number of amides is 1. The molecule has 0 rings (SSSR count). The minimum absolute atomic E-state index is 0.0322. The second-order valence-electron chi connectivity index (χ2n) is 2.96. The molecule has 1 unspecified atom stereocenters. The first kappa shape index (κ1) is 15.4. The maximum absolute atomic E-state index is 11.1. The lowest BCUT2D eigenvalue weighted by Gasteiger charge is -2.09. The number of carbonyl (C=O) groups excluding carboxylic acids is 2. The number of Topliss-reactive ketones (excluding diaryl/α,β-unsaturated/α-hetero) is 1. The van der Waals surface area contributed by atoms with Crippen LogP contribution in [0, 0.1) is 0 Å². The Kier molecular flexibility index (Phi) is 6.91. The Balaban J connectivity index is 3.82. The summed E-state index contributed by atoms with van der Waals surface area (Å²) in [6, 6.07) is -0.985. The third-order valence-electron chi connectivity index (χ3n) is 1.52. The highest BCUT2D eigenvalue weighted by Crippen LogP contribution is 2.02. The fraction of sp³-hybridized carbons (Fsp3) is 0.500. The lowest BCUT2D eigenvalue weighted by molar-refractivity contribution is -0.147. The van der Waals surface area contributed by atoms with Crippen LogP contribution in [0.4, 0.5) is 0 Å². The van der Waals surface area contributed by atoms with E-state index in [1.807, 2.05) is 0 Å². The molecule has 5 N–H and O–H groups in total. The monoisotopic (exact) mass is 264 g/mol. The van der Waals surface area contributed by atoms with Gasteiger partial charge in [-0.05, 0) is 0 Å². The van der Waals surface area contributed by atoms with Gasteiger partial charge in [0.15, 0.2) is 0 Å². The number of carboxylic acid groups (broad SMARTS) is 2. The molecular formula is C8H12N2O6S. The highest BCUT2D eigenvalue weighted by atomic mass is 32.2. The highest BCUT2D eigenvalue weighted by Gasteiger charge is 2.16. The molecule has 0 aliphatic rings. The Morgan fingerprint density at radius 1 is 1.24 bits per heavy atom. The van der Waals surface area contributed by atoms with Crippen molar-refractivity contribution in [3.63, 3.8) is 0 Å². The maximum Gasteiger partial charge on any atom is 0.373 e. The summed E-state index contributed by atoms with van der Waals surface area (Å²) >= 11 is 0.897. The zero-order valence-corrected chi connectivity index (χ0v) is 9.53. The van der Waals surface area contributed by atoms with E-state index < -0.39 is 36.2 Å². The maximum atomic E-state index is 11.1. The number of ketones is 1. The Hall–Kier alpha value is -1.61. The van der Waals surface area contributed by atoms with E-state index in [2.05, 4.69) is 5.32 Å². The van der Waals surface area contributed by atoms with E-state index in [1.54, 1.807) is 0 Å². The summed E-state index contributed by atoms with van der Waals surface area (Å²) in [5.41, 5.74) is 5.38. The van der Waals surface area contributed by atoms with E-state index in [4.69, 9.17) is 15.9 Å². The number of rotatable bonds is 8. The summed E-state index contributed by atoms with van der Waals surface area (Å²) < 4.78 is 0. The van der Waals surface area contributed by atoms with Crippen LogP contribution in [0.15, 0.2) is 0 Å². The highest BCUT2D eigenvalue weighted by molar-refractivity contribution is 8.00. The molecule has 0 radical (unpaired) electrons. The fourth-order valence-corrected chi connectivity index (χ4v) is 1.54. The van der Waals surface area contributed by atoms with Gasteiger partial charge in [0, 0.05) is 5.75 Å². The van der Waals surface area contributed by atoms with Gasteiger partial charge in [0.2, 0.25) is 11.7 Å². The second-order valence-corrected chi connectivity index (χ2v) is 3.99. The van der Waals surface area contributed by atoms with Crippen LogP contribution < -0.4 is 11.1 Å². The molecule has 96 valence electrons. The van der Waals surface area contributed by atoms with Crippen molar-refractivity contribution in [1.82, 2.24) is 5.32 Å². The van der Waals surface area contributed by atoms with Crippen LogP contribution in [0.25, 0.3) is 0 Å². The van der Waals surface area contributed by atoms with Gasteiger partial charge in [0.05, 0.1) is 11.8 Å². The van der Waals surface area contributed by atoms with Gasteiger partial charge in [-0.15, -0.1) is 0 Å². The third-order valence-corrected chi connectivity index (χ3v) is 2.58. The van der Waals surface area contributed by atoms with Crippen molar-refractivity contribution < 1.29 is 29.4 Å². The molecule has 0 fully saturated rings. The fourth-order valence-electron chi connectivity index (χ4n) is 0.710. The molecule has 0 saturated carbocycles. The minimum Gasteiger partial charge on any atom is -0.480 e. The van der Waals surface area contributed by atoms with E-state index in [9.17, 15) is 19.2 Å². The van der Waals surface area contributed by atoms with Crippen molar-refractivity contribution in [2.75, 3.05) is 18.1 Å². The summed E-state index contributed by atoms with van der Waals surface area (Å²) in [5.74, 6) is -4.63. The second kappa shape index (κ2) is 7.63. The summed E-state index contributed by atoms with van der Waals surface area (Å²) in [6.45, 7) is -0.536. The average Bonchev–Trinajstić information content (AvgIpc) is 2.25. The molecule has 0 aliphatic carbocycles. The molecule has 0 aromatic carbocycles. The molecule has 0 aromatic heterocycles. The number of hydrogen-bond donors (Lipinski definition) is 4. The SMILES string of the molecule is NC(CSCC(=O)C(=O)O)C(=O)NCC(=O)O. The van der Waals surface area contributed by atoms with Gasteiger partial charge < -0.3 is 21.3 Å². The van der Waals surface area contributed by atoms with Crippen LogP contribution in [0.5, 0.6) is 0 Å². The van der Waals surface area contributed by atoms with Crippen molar-refractivity contribution in [1.29, 1.82) is 0 Å². The van der Waals surface area contributed by atoms with Crippen molar-refractivity contribution in [3.8, 4) is 0 Å². The molecule has 0 bridgehead atoms. The molecule has 17 heavy (non-hydrogen) atoms. The van der Waals surface area contributed by atoms with Crippen LogP contribution in [-0.2, 0) is 19.2 Å². The molecule has 1 atom stereocenters. The molecule has 0 heterocycles. The Bertz CT molecular complexity index is 332. The van der Waals surface area contributed by atoms with Crippen LogP contribution >= 0.6 is 11.8 Å². The van der Waals surface area contributed by atoms with Crippen LogP contribution in [0.3, 0.4) is 0 Å². The Morgan fingerprint density at radius 2 is 1.82 bits per heavy atom. The van der Waals surface area contributed by atoms with Gasteiger partial charge in [0.1, 0.15) is 6.54 Å². The lowest BCUT2D eigenvalue weighted by atomic mass is 10.3. The largest absolute Gasteiger partial charge is 0.480 e. The number of hydrogen-bond acceptors (Lipinski definition) is 6. The summed E-state index contributed by atoms with van der Waals surface area (Å²) in [5, 5.41) is 18.6. The molecule has 1 amide bonds. The molecule has 9 heteroatoms. The van der Waals surface area contributed by atoms with Gasteiger partial charge >= 0.3 is 11.9 Å². The van der Waals surface area contributed by atoms with Crippen molar-refractivity contribution in [2.45, 2.75) is 6.04 Å². The number of nitrogens with one attached hydrogen (secondary N) is 1. The average molecular weight is 264 g/mol. The van der Waals surface area contributed by atoms with Gasteiger partial charge in [-0.3, -0.25) is 14.4 Å². The van der Waals surface area contributed by atoms with Gasteiger partial charge in [0.25, 0.3) is 0 Å². The first-order chi connectivity index (χ1) is 7.84. The summed E-state index contributed by atoms with van der Waals surface area (Å²) in [7, 11) is 0. The first-order valence-corrected chi connectivity index (χ1v) is 5.59. The molecule has 0 saturated heterocycles. The van der Waals surface area contributed by atoms with Crippen LogP contribution in [0.2, 0.25) is 0 Å². The number of carboxylic acids is 2. The van der Waals surface area contributed by atoms with Crippen LogP contribution in [-0.4, -0.2) is 57.9 Å². The number of thioether (sulfide) groups is 1. The normalized spacial score (nSPS) is 11.6. The first-order valence-electron chi connectivity index (χ1n) is 4.43. The zero-order valence-electron chi connectivity index (χ0n) is 8.71. The standard InChI is InChI=1S/C8H12N2O6S/c9-4(7(14)10-1-6(12)13)2-17-3-5(11)8(15)16/h4H,1-3,9H2,(H,10,14)(H,12,13)(H,15,16). The number of nitrogens with two attached hydrogens (primary N) is 1. The zero-order chi connectivity index (χ0) is 13.4. The smallest absolute Gasteiger partial charge is 0.373 e. The lowest BCUT2D eigenvalue weighted by Crippen LogP contribution is -2.44. The molecule has 0 aliphatic heterocycles. The van der Waals surface area contributed by atoms with Gasteiger partial charge in [-0.1, -0.05) is 0 Å². The topological polar surface area (TPSA) is 147 Å². The quantitative estimate of drug-likeness (QED) is 0.364. The van der Waals surface area contributed by atoms with Gasteiger partial charge in [-0.2, -0.15) is 11.8 Å². The van der Waals surface area contributed by atoms with Crippen LogP contribution in [0.1, 0.15) is 0 Å². The van der Waals surface area contributed by atoms with Crippen molar-refractivity contribution >= 4 is 35.4 Å². The molecule has 0 spiro atoms. The van der Waals surface area contributed by atoms with E-state index >= 15 is 0 Å². The van der Waals surface area contributed by atoms with E-state index in [0.717, 1.165) is 11.8 Å². The number of aliphatic carboxylic acids is 2. The van der Waals surface area contributed by atoms with Crippen molar-refractivity contribution in [3.05, 3.63) is 0 Å². The summed E-state index contributed by atoms with van der Waals surface area (Å²) in [6.07, 6.45) is 0. The van der Waals surface area contributed by atoms with E-state index in [0.29, 0.717) is 0 Å². The Labute approximate surface area is 101 Å². The number of carbonyl (C=O) groups is 4. The molecular weight excluding hydrogens is 252 g/mol. The minimum atomic E-state index is -1.54. The van der Waals surface area contributed by atoms with Gasteiger partial charge in [-0.25, -0.2) is 4.79 Å². The Morgan fingerprint density at radius 3 is 2.29 bits per heavy atom. The molecule has 8 nitrogen and oxygen atoms in total. The van der Waals surface area contributed by atoms with Crippen molar-refractivity contribution in [2.24, 2.45) is 5.73 Å². The third kappa shape index (κ3) is 7.30.